The maximum Gasteiger partial charge on any atom is 0.176 e. The number of Topliss-reactive ketones (excluding diaryl/α,β-unsaturated/α-hetero) is 1. The SMILES string of the molecule is O=C(CN(Cc1ccco1)C1CC1)c1ccc(Cl)cc1. The first-order valence-corrected chi connectivity index (χ1v) is 7.15. The van der Waals surface area contributed by atoms with Crippen LogP contribution in [0.15, 0.2) is 47.1 Å². The van der Waals surface area contributed by atoms with Crippen molar-refractivity contribution in [1.82, 2.24) is 4.90 Å². The minimum absolute atomic E-state index is 0.125. The molecule has 3 rings (SSSR count). The van der Waals surface area contributed by atoms with Crippen LogP contribution in [-0.4, -0.2) is 23.3 Å². The van der Waals surface area contributed by atoms with Crippen molar-refractivity contribution in [2.75, 3.05) is 6.54 Å². The van der Waals surface area contributed by atoms with Gasteiger partial charge in [0, 0.05) is 16.6 Å². The van der Waals surface area contributed by atoms with Crippen LogP contribution >= 0.6 is 11.6 Å². The van der Waals surface area contributed by atoms with E-state index in [0.29, 0.717) is 29.7 Å². The van der Waals surface area contributed by atoms with Crippen LogP contribution < -0.4 is 0 Å². The molecule has 0 aliphatic heterocycles. The van der Waals surface area contributed by atoms with Gasteiger partial charge in [-0.1, -0.05) is 11.6 Å². The molecule has 1 aliphatic rings. The Morgan fingerprint density at radius 2 is 2.00 bits per heavy atom. The van der Waals surface area contributed by atoms with Crippen molar-refractivity contribution in [1.29, 1.82) is 0 Å². The molecule has 0 atom stereocenters. The average Bonchev–Trinajstić information content (AvgIpc) is 3.17. The van der Waals surface area contributed by atoms with Crippen LogP contribution in [0.2, 0.25) is 5.02 Å². The molecule has 0 unspecified atom stereocenters. The Bertz CT molecular complexity index is 573. The lowest BCUT2D eigenvalue weighted by Gasteiger charge is -2.19. The van der Waals surface area contributed by atoms with Gasteiger partial charge >= 0.3 is 0 Å². The summed E-state index contributed by atoms with van der Waals surface area (Å²) in [6, 6.07) is 11.4. The molecule has 0 N–H and O–H groups in total. The quantitative estimate of drug-likeness (QED) is 0.759. The number of hydrogen-bond acceptors (Lipinski definition) is 3. The van der Waals surface area contributed by atoms with Crippen molar-refractivity contribution in [2.45, 2.75) is 25.4 Å². The van der Waals surface area contributed by atoms with E-state index < -0.39 is 0 Å². The van der Waals surface area contributed by atoms with E-state index in [1.165, 1.54) is 0 Å². The van der Waals surface area contributed by atoms with E-state index in [9.17, 15) is 4.79 Å². The van der Waals surface area contributed by atoms with Crippen molar-refractivity contribution in [3.8, 4) is 0 Å². The summed E-state index contributed by atoms with van der Waals surface area (Å²) in [4.78, 5) is 14.5. The summed E-state index contributed by atoms with van der Waals surface area (Å²) >= 11 is 5.84. The summed E-state index contributed by atoms with van der Waals surface area (Å²) in [5.41, 5.74) is 0.708. The van der Waals surface area contributed by atoms with Crippen molar-refractivity contribution in [3.63, 3.8) is 0 Å². The fraction of sp³-hybridized carbons (Fsp3) is 0.312. The van der Waals surface area contributed by atoms with Crippen LogP contribution in [0.25, 0.3) is 0 Å². The standard InChI is InChI=1S/C16H16ClNO2/c17-13-5-3-12(4-6-13)16(19)11-18(14-7-8-14)10-15-2-1-9-20-15/h1-6,9,14H,7-8,10-11H2. The first-order chi connectivity index (χ1) is 9.72. The van der Waals surface area contributed by atoms with Crippen LogP contribution in [0, 0.1) is 0 Å². The van der Waals surface area contributed by atoms with Gasteiger partial charge in [-0.25, -0.2) is 0 Å². The minimum atomic E-state index is 0.125. The first kappa shape index (κ1) is 13.4. The van der Waals surface area contributed by atoms with Crippen LogP contribution in [0.5, 0.6) is 0 Å². The number of carbonyl (C=O) groups excluding carboxylic acids is 1. The third-order valence-electron chi connectivity index (χ3n) is 3.52. The van der Waals surface area contributed by atoms with Crippen molar-refractivity contribution in [3.05, 3.63) is 59.0 Å². The highest BCUT2D eigenvalue weighted by atomic mass is 35.5. The second-order valence-electron chi connectivity index (χ2n) is 5.15. The zero-order chi connectivity index (χ0) is 13.9. The lowest BCUT2D eigenvalue weighted by molar-refractivity contribution is 0.0913. The summed E-state index contributed by atoms with van der Waals surface area (Å²) in [6.45, 7) is 1.12. The maximum absolute atomic E-state index is 12.3. The third kappa shape index (κ3) is 3.30. The van der Waals surface area contributed by atoms with Crippen molar-refractivity contribution < 1.29 is 9.21 Å². The molecule has 2 aromatic rings. The van der Waals surface area contributed by atoms with Gasteiger partial charge in [-0.15, -0.1) is 0 Å². The first-order valence-electron chi connectivity index (χ1n) is 6.77. The van der Waals surface area contributed by atoms with Gasteiger partial charge in [-0.2, -0.15) is 0 Å². The highest BCUT2D eigenvalue weighted by Crippen LogP contribution is 2.28. The highest BCUT2D eigenvalue weighted by molar-refractivity contribution is 6.30. The fourth-order valence-electron chi connectivity index (χ4n) is 2.27. The number of carbonyl (C=O) groups is 1. The molecule has 0 saturated heterocycles. The summed E-state index contributed by atoms with van der Waals surface area (Å²) in [7, 11) is 0. The number of furan rings is 1. The van der Waals surface area contributed by atoms with E-state index in [-0.39, 0.29) is 5.78 Å². The zero-order valence-electron chi connectivity index (χ0n) is 11.1. The summed E-state index contributed by atoms with van der Waals surface area (Å²) in [6.07, 6.45) is 3.99. The number of nitrogens with zero attached hydrogens (tertiary/aromatic N) is 1. The molecule has 0 spiro atoms. The molecular weight excluding hydrogens is 274 g/mol. The Morgan fingerprint density at radius 1 is 1.25 bits per heavy atom. The topological polar surface area (TPSA) is 33.5 Å². The predicted octanol–water partition coefficient (Wildman–Crippen LogP) is 3.78. The molecule has 104 valence electrons. The Balaban J connectivity index is 1.67. The second kappa shape index (κ2) is 5.81. The maximum atomic E-state index is 12.3. The van der Waals surface area contributed by atoms with E-state index >= 15 is 0 Å². The molecule has 4 heteroatoms. The highest BCUT2D eigenvalue weighted by Gasteiger charge is 2.30. The van der Waals surface area contributed by atoms with Gasteiger partial charge in [0.25, 0.3) is 0 Å². The van der Waals surface area contributed by atoms with E-state index in [1.807, 2.05) is 12.1 Å². The molecule has 1 aromatic carbocycles. The van der Waals surface area contributed by atoms with E-state index in [0.717, 1.165) is 18.6 Å². The van der Waals surface area contributed by atoms with Gasteiger partial charge in [0.1, 0.15) is 5.76 Å². The molecule has 0 amide bonds. The van der Waals surface area contributed by atoms with Crippen LogP contribution in [0.1, 0.15) is 29.0 Å². The zero-order valence-corrected chi connectivity index (χ0v) is 11.8. The van der Waals surface area contributed by atoms with Gasteiger partial charge in [-0.3, -0.25) is 9.69 Å². The molecule has 0 bridgehead atoms. The van der Waals surface area contributed by atoms with Gasteiger partial charge in [0.05, 0.1) is 19.4 Å². The number of halogens is 1. The summed E-state index contributed by atoms with van der Waals surface area (Å²) in [5, 5.41) is 0.649. The monoisotopic (exact) mass is 289 g/mol. The van der Waals surface area contributed by atoms with Crippen molar-refractivity contribution in [2.24, 2.45) is 0 Å². The van der Waals surface area contributed by atoms with Crippen LogP contribution in [-0.2, 0) is 6.54 Å². The Kier molecular flexibility index (Phi) is 3.90. The van der Waals surface area contributed by atoms with E-state index in [2.05, 4.69) is 4.90 Å². The molecular formula is C16H16ClNO2. The van der Waals surface area contributed by atoms with E-state index in [4.69, 9.17) is 16.0 Å². The number of rotatable bonds is 6. The van der Waals surface area contributed by atoms with Gasteiger partial charge in [0.2, 0.25) is 0 Å². The minimum Gasteiger partial charge on any atom is -0.468 e. The largest absolute Gasteiger partial charge is 0.468 e. The lowest BCUT2D eigenvalue weighted by Crippen LogP contribution is -2.31. The third-order valence-corrected chi connectivity index (χ3v) is 3.77. The molecule has 20 heavy (non-hydrogen) atoms. The molecule has 0 radical (unpaired) electrons. The molecule has 1 aliphatic carbocycles. The van der Waals surface area contributed by atoms with Crippen LogP contribution in [0.4, 0.5) is 0 Å². The molecule has 1 fully saturated rings. The fourth-order valence-corrected chi connectivity index (χ4v) is 2.39. The lowest BCUT2D eigenvalue weighted by atomic mass is 10.1. The number of hydrogen-bond donors (Lipinski definition) is 0. The number of benzene rings is 1. The van der Waals surface area contributed by atoms with E-state index in [1.54, 1.807) is 30.5 Å². The smallest absolute Gasteiger partial charge is 0.176 e. The summed E-state index contributed by atoms with van der Waals surface area (Å²) in [5.74, 6) is 1.03. The van der Waals surface area contributed by atoms with Gasteiger partial charge < -0.3 is 4.42 Å². The summed E-state index contributed by atoms with van der Waals surface area (Å²) < 4.78 is 5.37. The molecule has 1 heterocycles. The predicted molar refractivity (Wildman–Crippen MR) is 77.9 cm³/mol. The molecule has 1 aromatic heterocycles. The van der Waals surface area contributed by atoms with Gasteiger partial charge in [0.15, 0.2) is 5.78 Å². The Labute approximate surface area is 123 Å². The van der Waals surface area contributed by atoms with Gasteiger partial charge in [-0.05, 0) is 49.2 Å². The Morgan fingerprint density at radius 3 is 2.60 bits per heavy atom. The number of ketones is 1. The van der Waals surface area contributed by atoms with Crippen molar-refractivity contribution >= 4 is 17.4 Å². The Hall–Kier alpha value is -1.58. The molecule has 3 nitrogen and oxygen atoms in total. The van der Waals surface area contributed by atoms with Crippen LogP contribution in [0.3, 0.4) is 0 Å². The molecule has 1 saturated carbocycles. The second-order valence-corrected chi connectivity index (χ2v) is 5.58. The normalized spacial score (nSPS) is 14.7. The average molecular weight is 290 g/mol.